The monoisotopic (exact) mass is 429 g/mol. The molecule has 8 nitrogen and oxygen atoms in total. The number of rotatable bonds is 6. The first-order chi connectivity index (χ1) is 14.4. The van der Waals surface area contributed by atoms with E-state index in [9.17, 15) is 14.4 Å². The van der Waals surface area contributed by atoms with Gasteiger partial charge >= 0.3 is 0 Å². The van der Waals surface area contributed by atoms with Crippen LogP contribution in [0.25, 0.3) is 0 Å². The normalized spacial score (nSPS) is 15.6. The van der Waals surface area contributed by atoms with E-state index in [1.54, 1.807) is 22.7 Å². The van der Waals surface area contributed by atoms with Gasteiger partial charge in [-0.3, -0.25) is 25.2 Å². The first-order valence-electron chi connectivity index (χ1n) is 9.23. The highest BCUT2D eigenvalue weighted by atomic mass is 32.2. The van der Waals surface area contributed by atoms with Crippen LogP contribution < -0.4 is 25.2 Å². The van der Waals surface area contributed by atoms with Gasteiger partial charge in [-0.2, -0.15) is 0 Å². The van der Waals surface area contributed by atoms with E-state index in [4.69, 9.17) is 9.47 Å². The fraction of sp³-hybridized carbons (Fsp3) is 0.286. The molecule has 0 spiro atoms. The fourth-order valence-corrected chi connectivity index (χ4v) is 3.60. The fourth-order valence-electron chi connectivity index (χ4n) is 3.14. The van der Waals surface area contributed by atoms with Gasteiger partial charge in [0, 0.05) is 35.2 Å². The van der Waals surface area contributed by atoms with Gasteiger partial charge in [0.05, 0.1) is 20.1 Å². The summed E-state index contributed by atoms with van der Waals surface area (Å²) in [5.41, 5.74) is 5.82. The van der Waals surface area contributed by atoms with Crippen molar-refractivity contribution in [1.29, 1.82) is 0 Å². The zero-order valence-electron chi connectivity index (χ0n) is 16.9. The topological polar surface area (TPSA) is 97.0 Å². The number of thioether (sulfide) groups is 1. The minimum absolute atomic E-state index is 0.0815. The van der Waals surface area contributed by atoms with Crippen LogP contribution in [0, 0.1) is 5.92 Å². The number of ether oxygens (including phenoxy) is 2. The minimum atomic E-state index is -0.560. The molecule has 1 heterocycles. The van der Waals surface area contributed by atoms with Gasteiger partial charge in [-0.05, 0) is 36.6 Å². The zero-order valence-corrected chi connectivity index (χ0v) is 17.7. The number of carbonyl (C=O) groups excluding carboxylic acids is 3. The Kier molecular flexibility index (Phi) is 6.83. The smallest absolute Gasteiger partial charge is 0.269 e. The number of hydrazine groups is 1. The molecule has 2 aromatic rings. The number of nitrogens with zero attached hydrogens (tertiary/aromatic N) is 1. The Bertz CT molecular complexity index is 943. The molecule has 1 atom stereocenters. The molecule has 0 radical (unpaired) electrons. The molecule has 0 aliphatic carbocycles. The summed E-state index contributed by atoms with van der Waals surface area (Å²) in [6.07, 6.45) is 2.04. The summed E-state index contributed by atoms with van der Waals surface area (Å²) >= 11 is 1.58. The van der Waals surface area contributed by atoms with Crippen LogP contribution in [0.4, 0.5) is 5.69 Å². The van der Waals surface area contributed by atoms with E-state index < -0.39 is 17.7 Å². The first-order valence-corrected chi connectivity index (χ1v) is 10.4. The molecule has 2 aromatic carbocycles. The Labute approximate surface area is 178 Å². The van der Waals surface area contributed by atoms with Gasteiger partial charge in [-0.1, -0.05) is 6.07 Å². The van der Waals surface area contributed by atoms with Crippen molar-refractivity contribution in [2.75, 3.05) is 31.9 Å². The van der Waals surface area contributed by atoms with E-state index in [-0.39, 0.29) is 24.4 Å². The van der Waals surface area contributed by atoms with Crippen molar-refractivity contribution >= 4 is 35.2 Å². The molecular weight excluding hydrogens is 406 g/mol. The zero-order chi connectivity index (χ0) is 21.7. The summed E-state index contributed by atoms with van der Waals surface area (Å²) in [5.74, 6) is -0.719. The second-order valence-electron chi connectivity index (χ2n) is 6.65. The molecule has 1 fully saturated rings. The molecular formula is C21H23N3O5S. The Hall–Kier alpha value is -3.20. The highest BCUT2D eigenvalue weighted by molar-refractivity contribution is 7.98. The van der Waals surface area contributed by atoms with Crippen molar-refractivity contribution in [3.05, 3.63) is 48.0 Å². The lowest BCUT2D eigenvalue weighted by atomic mass is 10.1. The van der Waals surface area contributed by atoms with Crippen LogP contribution in [-0.4, -0.2) is 44.7 Å². The quantitative estimate of drug-likeness (QED) is 0.540. The molecule has 0 bridgehead atoms. The lowest BCUT2D eigenvalue weighted by Gasteiger charge is -2.17. The minimum Gasteiger partial charge on any atom is -0.497 e. The Morgan fingerprint density at radius 2 is 1.77 bits per heavy atom. The standard InChI is InChI=1S/C21H23N3O5S/c1-28-16-7-13(8-17(11-16)29-2)20(26)22-23-21(27)14-9-19(25)24(12-14)15-5-4-6-18(10-15)30-3/h4-8,10-11,14H,9,12H2,1-3H3,(H,22,26)(H,23,27)/t14-/m0/s1. The predicted octanol–water partition coefficient (Wildman–Crippen LogP) is 2.24. The van der Waals surface area contributed by atoms with Crippen LogP contribution >= 0.6 is 11.8 Å². The summed E-state index contributed by atoms with van der Waals surface area (Å²) in [6, 6.07) is 12.3. The van der Waals surface area contributed by atoms with Crippen LogP contribution in [-0.2, 0) is 9.59 Å². The number of nitrogens with one attached hydrogen (secondary N) is 2. The lowest BCUT2D eigenvalue weighted by molar-refractivity contribution is -0.126. The molecule has 3 rings (SSSR count). The van der Waals surface area contributed by atoms with Gasteiger partial charge in [-0.25, -0.2) is 0 Å². The van der Waals surface area contributed by atoms with Gasteiger partial charge in [0.25, 0.3) is 5.91 Å². The number of carbonyl (C=O) groups is 3. The van der Waals surface area contributed by atoms with Gasteiger partial charge in [0.1, 0.15) is 11.5 Å². The van der Waals surface area contributed by atoms with Crippen LogP contribution in [0.15, 0.2) is 47.4 Å². The highest BCUT2D eigenvalue weighted by Gasteiger charge is 2.35. The molecule has 0 saturated carbocycles. The number of amides is 3. The molecule has 1 saturated heterocycles. The van der Waals surface area contributed by atoms with Crippen LogP contribution in [0.1, 0.15) is 16.8 Å². The van der Waals surface area contributed by atoms with Gasteiger partial charge in [-0.15, -0.1) is 11.8 Å². The van der Waals surface area contributed by atoms with E-state index in [0.717, 1.165) is 10.6 Å². The molecule has 30 heavy (non-hydrogen) atoms. The third-order valence-electron chi connectivity index (χ3n) is 4.77. The van der Waals surface area contributed by atoms with Crippen LogP contribution in [0.3, 0.4) is 0 Å². The summed E-state index contributed by atoms with van der Waals surface area (Å²) < 4.78 is 10.3. The Balaban J connectivity index is 1.61. The Morgan fingerprint density at radius 3 is 2.40 bits per heavy atom. The SMILES string of the molecule is COc1cc(OC)cc(C(=O)NNC(=O)[C@H]2CC(=O)N(c3cccc(SC)c3)C2)c1. The molecule has 0 aromatic heterocycles. The van der Waals surface area contributed by atoms with E-state index in [0.29, 0.717) is 11.5 Å². The van der Waals surface area contributed by atoms with E-state index in [1.165, 1.54) is 26.4 Å². The van der Waals surface area contributed by atoms with E-state index >= 15 is 0 Å². The van der Waals surface area contributed by atoms with Crippen molar-refractivity contribution in [2.45, 2.75) is 11.3 Å². The maximum Gasteiger partial charge on any atom is 0.269 e. The average molecular weight is 429 g/mol. The largest absolute Gasteiger partial charge is 0.497 e. The van der Waals surface area contributed by atoms with Gasteiger partial charge in [0.15, 0.2) is 0 Å². The summed E-state index contributed by atoms with van der Waals surface area (Å²) in [4.78, 5) is 40.0. The molecule has 158 valence electrons. The summed E-state index contributed by atoms with van der Waals surface area (Å²) in [6.45, 7) is 0.255. The maximum atomic E-state index is 12.5. The molecule has 1 aliphatic rings. The summed E-state index contributed by atoms with van der Waals surface area (Å²) in [7, 11) is 2.96. The maximum absolute atomic E-state index is 12.5. The second-order valence-corrected chi connectivity index (χ2v) is 7.53. The highest BCUT2D eigenvalue weighted by Crippen LogP contribution is 2.28. The Morgan fingerprint density at radius 1 is 1.07 bits per heavy atom. The number of anilines is 1. The molecule has 2 N–H and O–H groups in total. The first kappa shape index (κ1) is 21.5. The third-order valence-corrected chi connectivity index (χ3v) is 5.50. The van der Waals surface area contributed by atoms with Crippen LogP contribution in [0.2, 0.25) is 0 Å². The third kappa shape index (κ3) is 4.85. The molecule has 3 amide bonds. The number of benzene rings is 2. The van der Waals surface area contributed by atoms with Gasteiger partial charge in [0.2, 0.25) is 11.8 Å². The van der Waals surface area contributed by atoms with Crippen molar-refractivity contribution in [3.63, 3.8) is 0 Å². The van der Waals surface area contributed by atoms with Crippen molar-refractivity contribution in [2.24, 2.45) is 5.92 Å². The van der Waals surface area contributed by atoms with E-state index in [1.807, 2.05) is 30.5 Å². The van der Waals surface area contributed by atoms with Crippen molar-refractivity contribution < 1.29 is 23.9 Å². The molecule has 9 heteroatoms. The predicted molar refractivity (Wildman–Crippen MR) is 114 cm³/mol. The number of methoxy groups -OCH3 is 2. The van der Waals surface area contributed by atoms with Crippen LogP contribution in [0.5, 0.6) is 11.5 Å². The molecule has 0 unspecified atom stereocenters. The average Bonchev–Trinajstić information content (AvgIpc) is 3.18. The van der Waals surface area contributed by atoms with Crippen molar-refractivity contribution in [3.8, 4) is 11.5 Å². The number of hydrogen-bond donors (Lipinski definition) is 2. The molecule has 1 aliphatic heterocycles. The second kappa shape index (κ2) is 9.53. The van der Waals surface area contributed by atoms with Crippen molar-refractivity contribution in [1.82, 2.24) is 10.9 Å². The van der Waals surface area contributed by atoms with E-state index in [2.05, 4.69) is 10.9 Å². The number of hydrogen-bond acceptors (Lipinski definition) is 6. The van der Waals surface area contributed by atoms with Gasteiger partial charge < -0.3 is 14.4 Å². The lowest BCUT2D eigenvalue weighted by Crippen LogP contribution is -2.45. The summed E-state index contributed by atoms with van der Waals surface area (Å²) in [5, 5.41) is 0.